The van der Waals surface area contributed by atoms with E-state index in [9.17, 15) is 4.79 Å². The van der Waals surface area contributed by atoms with Crippen LogP contribution in [0, 0.1) is 0 Å². The van der Waals surface area contributed by atoms with E-state index in [4.69, 9.17) is 19.9 Å². The Hall–Kier alpha value is -1.59. The van der Waals surface area contributed by atoms with Crippen molar-refractivity contribution >= 4 is 6.09 Å². The molecule has 1 aromatic carbocycles. The Balaban J connectivity index is 2.20. The number of hydrogen-bond donors (Lipinski definition) is 1. The van der Waals surface area contributed by atoms with E-state index in [1.54, 1.807) is 12.1 Å². The summed E-state index contributed by atoms with van der Waals surface area (Å²) in [4.78, 5) is 10.5. The number of ether oxygens (including phenoxy) is 3. The molecule has 0 aliphatic carbocycles. The number of hydrogen-bond acceptors (Lipinski definition) is 4. The highest BCUT2D eigenvalue weighted by molar-refractivity contribution is 5.67. The van der Waals surface area contributed by atoms with E-state index >= 15 is 0 Å². The molecule has 0 bridgehead atoms. The van der Waals surface area contributed by atoms with Gasteiger partial charge in [-0.3, -0.25) is 0 Å². The third-order valence-electron chi connectivity index (χ3n) is 2.25. The SMILES string of the molecule is CCOCCOCCc1ccc(OC(N)=O)cc1. The third-order valence-corrected chi connectivity index (χ3v) is 2.25. The van der Waals surface area contributed by atoms with Crippen molar-refractivity contribution in [2.45, 2.75) is 13.3 Å². The highest BCUT2D eigenvalue weighted by Gasteiger charge is 1.99. The Morgan fingerprint density at radius 3 is 2.39 bits per heavy atom. The van der Waals surface area contributed by atoms with Gasteiger partial charge in [-0.1, -0.05) is 12.1 Å². The second kappa shape index (κ2) is 8.49. The molecule has 0 spiro atoms. The Morgan fingerprint density at radius 1 is 1.11 bits per heavy atom. The predicted octanol–water partition coefficient (Wildman–Crippen LogP) is 1.74. The summed E-state index contributed by atoms with van der Waals surface area (Å²) in [6.07, 6.45) is 0.00481. The first kappa shape index (κ1) is 14.5. The zero-order valence-corrected chi connectivity index (χ0v) is 10.6. The lowest BCUT2D eigenvalue weighted by molar-refractivity contribution is 0.0541. The van der Waals surface area contributed by atoms with Crippen LogP contribution in [0.25, 0.3) is 0 Å². The lowest BCUT2D eigenvalue weighted by atomic mass is 10.1. The summed E-state index contributed by atoms with van der Waals surface area (Å²) in [5.74, 6) is 0.448. The second-order valence-corrected chi connectivity index (χ2v) is 3.62. The first-order valence-electron chi connectivity index (χ1n) is 5.94. The molecule has 0 heterocycles. The minimum absolute atomic E-state index is 0.448. The molecule has 0 atom stereocenters. The van der Waals surface area contributed by atoms with Crippen LogP contribution in [0.2, 0.25) is 0 Å². The van der Waals surface area contributed by atoms with E-state index in [-0.39, 0.29) is 0 Å². The maximum atomic E-state index is 10.5. The monoisotopic (exact) mass is 253 g/mol. The number of benzene rings is 1. The van der Waals surface area contributed by atoms with Gasteiger partial charge >= 0.3 is 6.09 Å². The number of rotatable bonds is 8. The summed E-state index contributed by atoms with van der Waals surface area (Å²) in [7, 11) is 0. The molecule has 0 saturated carbocycles. The van der Waals surface area contributed by atoms with Gasteiger partial charge < -0.3 is 19.9 Å². The van der Waals surface area contributed by atoms with Gasteiger partial charge in [-0.15, -0.1) is 0 Å². The van der Waals surface area contributed by atoms with Crippen molar-refractivity contribution < 1.29 is 19.0 Å². The normalized spacial score (nSPS) is 10.3. The van der Waals surface area contributed by atoms with Crippen molar-refractivity contribution in [2.75, 3.05) is 26.4 Å². The van der Waals surface area contributed by atoms with Crippen molar-refractivity contribution in [1.82, 2.24) is 0 Å². The lowest BCUT2D eigenvalue weighted by Crippen LogP contribution is -2.16. The van der Waals surface area contributed by atoms with E-state index in [0.717, 1.165) is 12.0 Å². The highest BCUT2D eigenvalue weighted by Crippen LogP contribution is 2.12. The summed E-state index contributed by atoms with van der Waals surface area (Å²) in [6, 6.07) is 7.18. The molecule has 1 amide bonds. The highest BCUT2D eigenvalue weighted by atomic mass is 16.5. The molecule has 0 fully saturated rings. The van der Waals surface area contributed by atoms with Crippen molar-refractivity contribution in [1.29, 1.82) is 0 Å². The van der Waals surface area contributed by atoms with Crippen molar-refractivity contribution in [3.05, 3.63) is 29.8 Å². The zero-order chi connectivity index (χ0) is 13.2. The van der Waals surface area contributed by atoms with Gasteiger partial charge in [0.25, 0.3) is 0 Å². The fourth-order valence-corrected chi connectivity index (χ4v) is 1.39. The molecule has 100 valence electrons. The molecule has 0 saturated heterocycles. The van der Waals surface area contributed by atoms with Gasteiger partial charge in [-0.05, 0) is 31.0 Å². The minimum atomic E-state index is -0.804. The van der Waals surface area contributed by atoms with Crippen LogP contribution in [0.5, 0.6) is 5.75 Å². The van der Waals surface area contributed by atoms with Crippen LogP contribution in [0.1, 0.15) is 12.5 Å². The van der Waals surface area contributed by atoms with Crippen molar-refractivity contribution in [3.8, 4) is 5.75 Å². The summed E-state index contributed by atoms with van der Waals surface area (Å²) in [5.41, 5.74) is 6.02. The van der Waals surface area contributed by atoms with Crippen LogP contribution in [0.3, 0.4) is 0 Å². The molecule has 0 aromatic heterocycles. The molecule has 0 aliphatic heterocycles. The van der Waals surface area contributed by atoms with Crippen LogP contribution in [0.15, 0.2) is 24.3 Å². The topological polar surface area (TPSA) is 70.8 Å². The molecule has 0 radical (unpaired) electrons. The van der Waals surface area contributed by atoms with Gasteiger partial charge in [0.2, 0.25) is 0 Å². The molecule has 5 heteroatoms. The van der Waals surface area contributed by atoms with Gasteiger partial charge in [0.1, 0.15) is 5.75 Å². The summed E-state index contributed by atoms with van der Waals surface area (Å²) >= 11 is 0. The molecule has 18 heavy (non-hydrogen) atoms. The van der Waals surface area contributed by atoms with Gasteiger partial charge in [0.05, 0.1) is 19.8 Å². The van der Waals surface area contributed by atoms with Crippen LogP contribution >= 0.6 is 0 Å². The predicted molar refractivity (Wildman–Crippen MR) is 67.7 cm³/mol. The minimum Gasteiger partial charge on any atom is -0.411 e. The number of primary amides is 1. The van der Waals surface area contributed by atoms with Crippen LogP contribution in [-0.2, 0) is 15.9 Å². The Kier molecular flexibility index (Phi) is 6.83. The standard InChI is InChI=1S/C13H19NO4/c1-2-16-9-10-17-8-7-11-3-5-12(6-4-11)18-13(14)15/h3-6H,2,7-10H2,1H3,(H2,14,15). The summed E-state index contributed by atoms with van der Waals surface area (Å²) < 4.78 is 15.3. The maximum absolute atomic E-state index is 10.5. The molecule has 2 N–H and O–H groups in total. The molecular formula is C13H19NO4. The first-order valence-corrected chi connectivity index (χ1v) is 5.94. The Bertz CT molecular complexity index is 351. The quantitative estimate of drug-likeness (QED) is 0.716. The number of carbonyl (C=O) groups is 1. The van der Waals surface area contributed by atoms with Gasteiger partial charge in [-0.2, -0.15) is 0 Å². The molecule has 1 aromatic rings. The van der Waals surface area contributed by atoms with Gasteiger partial charge in [0, 0.05) is 6.61 Å². The fourth-order valence-electron chi connectivity index (χ4n) is 1.39. The van der Waals surface area contributed by atoms with Gasteiger partial charge in [-0.25, -0.2) is 4.79 Å². The largest absolute Gasteiger partial charge is 0.411 e. The van der Waals surface area contributed by atoms with Crippen LogP contribution in [-0.4, -0.2) is 32.5 Å². The van der Waals surface area contributed by atoms with E-state index in [0.29, 0.717) is 32.2 Å². The third kappa shape index (κ3) is 6.22. The zero-order valence-electron chi connectivity index (χ0n) is 10.6. The van der Waals surface area contributed by atoms with Crippen LogP contribution in [0.4, 0.5) is 4.79 Å². The van der Waals surface area contributed by atoms with Gasteiger partial charge in [0.15, 0.2) is 0 Å². The fraction of sp³-hybridized carbons (Fsp3) is 0.462. The summed E-state index contributed by atoms with van der Waals surface area (Å²) in [5, 5.41) is 0. The van der Waals surface area contributed by atoms with E-state index < -0.39 is 6.09 Å². The Morgan fingerprint density at radius 2 is 1.78 bits per heavy atom. The average Bonchev–Trinajstić information content (AvgIpc) is 2.35. The average molecular weight is 253 g/mol. The lowest BCUT2D eigenvalue weighted by Gasteiger charge is -2.05. The molecule has 5 nitrogen and oxygen atoms in total. The molecule has 0 aliphatic rings. The number of carbonyl (C=O) groups excluding carboxylic acids is 1. The molecule has 0 unspecified atom stereocenters. The Labute approximate surface area is 107 Å². The van der Waals surface area contributed by atoms with Crippen molar-refractivity contribution in [2.24, 2.45) is 5.73 Å². The first-order chi connectivity index (χ1) is 8.72. The van der Waals surface area contributed by atoms with E-state index in [1.165, 1.54) is 0 Å². The maximum Gasteiger partial charge on any atom is 0.409 e. The molecule has 1 rings (SSSR count). The number of nitrogens with two attached hydrogens (primary N) is 1. The smallest absolute Gasteiger partial charge is 0.409 e. The van der Waals surface area contributed by atoms with E-state index in [2.05, 4.69) is 0 Å². The number of amides is 1. The van der Waals surface area contributed by atoms with E-state index in [1.807, 2.05) is 19.1 Å². The second-order valence-electron chi connectivity index (χ2n) is 3.62. The van der Waals surface area contributed by atoms with Crippen LogP contribution < -0.4 is 10.5 Å². The van der Waals surface area contributed by atoms with Crippen molar-refractivity contribution in [3.63, 3.8) is 0 Å². The molecular weight excluding hydrogens is 234 g/mol. The summed E-state index contributed by atoms with van der Waals surface area (Å²) in [6.45, 7) is 4.54.